The van der Waals surface area contributed by atoms with Crippen LogP contribution in [0.3, 0.4) is 0 Å². The Morgan fingerprint density at radius 2 is 2.09 bits per heavy atom. The standard InChI is InChI=1S/C22H23N7O3/c1-14-9-12-28(19(30)7-10-23)13-18(14)27(2)22-17-8-11-24-21(17)25-20(26-22)15-3-5-16(6-4-15)29(31)32/h3-6,8,11,14,18H,7,9,12-13H2,1-2H3,(H,24,25,26)/t14-,18+/m1/s1. The van der Waals surface area contributed by atoms with E-state index >= 15 is 0 Å². The number of hydrogen-bond acceptors (Lipinski definition) is 7. The Morgan fingerprint density at radius 1 is 1.34 bits per heavy atom. The third-order valence-electron chi connectivity index (χ3n) is 6.07. The average Bonchev–Trinajstić information content (AvgIpc) is 3.27. The quantitative estimate of drug-likeness (QED) is 0.483. The Balaban J connectivity index is 1.70. The number of likely N-dealkylation sites (tertiary alicyclic amines) is 1. The number of likely N-dealkylation sites (N-methyl/N-ethyl adjacent to an activating group) is 1. The minimum Gasteiger partial charge on any atom is -0.354 e. The fourth-order valence-corrected chi connectivity index (χ4v) is 4.17. The Bertz CT molecular complexity index is 1200. The van der Waals surface area contributed by atoms with Crippen LogP contribution in [-0.4, -0.2) is 56.9 Å². The largest absolute Gasteiger partial charge is 0.354 e. The number of nitrogens with one attached hydrogen (secondary N) is 1. The number of nitriles is 1. The van der Waals surface area contributed by atoms with Crippen LogP contribution in [0.4, 0.5) is 11.5 Å². The van der Waals surface area contributed by atoms with E-state index in [4.69, 9.17) is 10.2 Å². The summed E-state index contributed by atoms with van der Waals surface area (Å²) < 4.78 is 0. The number of nitro groups is 1. The summed E-state index contributed by atoms with van der Waals surface area (Å²) in [5.74, 6) is 1.34. The summed E-state index contributed by atoms with van der Waals surface area (Å²) >= 11 is 0. The lowest BCUT2D eigenvalue weighted by atomic mass is 9.92. The fraction of sp³-hybridized carbons (Fsp3) is 0.364. The molecule has 1 N–H and O–H groups in total. The number of nitro benzene ring substituents is 1. The molecule has 32 heavy (non-hydrogen) atoms. The van der Waals surface area contributed by atoms with E-state index in [1.807, 2.05) is 19.2 Å². The van der Waals surface area contributed by atoms with Gasteiger partial charge in [-0.1, -0.05) is 6.92 Å². The Hall–Kier alpha value is -4.00. The van der Waals surface area contributed by atoms with Crippen molar-refractivity contribution in [1.82, 2.24) is 19.9 Å². The Kier molecular flexibility index (Phi) is 5.73. The minimum absolute atomic E-state index is 0.00482. The van der Waals surface area contributed by atoms with Gasteiger partial charge in [-0.2, -0.15) is 5.26 Å². The molecule has 0 saturated carbocycles. The maximum atomic E-state index is 12.3. The molecule has 1 aromatic carbocycles. The normalized spacial score (nSPS) is 18.3. The van der Waals surface area contributed by atoms with E-state index in [-0.39, 0.29) is 24.1 Å². The van der Waals surface area contributed by atoms with E-state index < -0.39 is 4.92 Å². The van der Waals surface area contributed by atoms with Crippen molar-refractivity contribution in [3.05, 3.63) is 46.6 Å². The van der Waals surface area contributed by atoms with Crippen molar-refractivity contribution in [3.63, 3.8) is 0 Å². The van der Waals surface area contributed by atoms with Crippen molar-refractivity contribution in [2.24, 2.45) is 5.92 Å². The summed E-state index contributed by atoms with van der Waals surface area (Å²) in [6, 6.07) is 10.0. The molecule has 1 aliphatic heterocycles. The van der Waals surface area contributed by atoms with Crippen LogP contribution in [0.5, 0.6) is 0 Å². The molecule has 10 heteroatoms. The number of carbonyl (C=O) groups excluding carboxylic acids is 1. The molecule has 4 rings (SSSR count). The molecule has 1 amide bonds. The summed E-state index contributed by atoms with van der Waals surface area (Å²) in [6.45, 7) is 3.31. The van der Waals surface area contributed by atoms with Crippen LogP contribution in [0.1, 0.15) is 19.8 Å². The van der Waals surface area contributed by atoms with E-state index in [2.05, 4.69) is 21.8 Å². The number of fused-ring (bicyclic) bond motifs is 1. The summed E-state index contributed by atoms with van der Waals surface area (Å²) in [7, 11) is 1.95. The van der Waals surface area contributed by atoms with Crippen molar-refractivity contribution in [3.8, 4) is 17.5 Å². The molecular weight excluding hydrogens is 410 g/mol. The van der Waals surface area contributed by atoms with Gasteiger partial charge in [0.2, 0.25) is 5.91 Å². The van der Waals surface area contributed by atoms with E-state index in [9.17, 15) is 14.9 Å². The number of nitrogens with zero attached hydrogens (tertiary/aromatic N) is 6. The van der Waals surface area contributed by atoms with E-state index in [0.717, 1.165) is 17.6 Å². The lowest BCUT2D eigenvalue weighted by molar-refractivity contribution is -0.384. The second kappa shape index (κ2) is 8.63. The highest BCUT2D eigenvalue weighted by Crippen LogP contribution is 2.31. The van der Waals surface area contributed by atoms with Crippen LogP contribution in [0.25, 0.3) is 22.4 Å². The number of anilines is 1. The number of carbonyl (C=O) groups is 1. The third kappa shape index (κ3) is 3.97. The maximum Gasteiger partial charge on any atom is 0.269 e. The fourth-order valence-electron chi connectivity index (χ4n) is 4.17. The number of piperidine rings is 1. The smallest absolute Gasteiger partial charge is 0.269 e. The van der Waals surface area contributed by atoms with E-state index in [1.165, 1.54) is 12.1 Å². The number of amides is 1. The molecule has 0 aliphatic carbocycles. The lowest BCUT2D eigenvalue weighted by Crippen LogP contribution is -2.52. The van der Waals surface area contributed by atoms with Gasteiger partial charge in [0.1, 0.15) is 17.9 Å². The van der Waals surface area contributed by atoms with Crippen molar-refractivity contribution in [2.75, 3.05) is 25.0 Å². The van der Waals surface area contributed by atoms with Gasteiger partial charge in [-0.3, -0.25) is 14.9 Å². The number of H-pyrrole nitrogens is 1. The van der Waals surface area contributed by atoms with E-state index in [1.54, 1.807) is 23.2 Å². The van der Waals surface area contributed by atoms with Crippen LogP contribution in [-0.2, 0) is 4.79 Å². The van der Waals surface area contributed by atoms with Crippen molar-refractivity contribution in [1.29, 1.82) is 5.26 Å². The lowest BCUT2D eigenvalue weighted by Gasteiger charge is -2.42. The Morgan fingerprint density at radius 3 is 2.78 bits per heavy atom. The van der Waals surface area contributed by atoms with Gasteiger partial charge in [-0.25, -0.2) is 9.97 Å². The summed E-state index contributed by atoms with van der Waals surface area (Å²) in [6.07, 6.45) is 2.51. The van der Waals surface area contributed by atoms with Gasteiger partial charge in [0.05, 0.1) is 22.4 Å². The molecule has 2 aromatic heterocycles. The Labute approximate surface area is 184 Å². The molecule has 1 aliphatic rings. The minimum atomic E-state index is -0.443. The van der Waals surface area contributed by atoms with Crippen LogP contribution < -0.4 is 4.90 Å². The first kappa shape index (κ1) is 21.2. The molecule has 0 bridgehead atoms. The van der Waals surface area contributed by atoms with Crippen LogP contribution in [0.15, 0.2) is 36.5 Å². The van der Waals surface area contributed by atoms with Crippen molar-refractivity contribution < 1.29 is 9.72 Å². The van der Waals surface area contributed by atoms with Crippen molar-refractivity contribution in [2.45, 2.75) is 25.8 Å². The second-order valence-electron chi connectivity index (χ2n) is 8.03. The molecule has 3 aromatic rings. The molecule has 0 unspecified atom stereocenters. The summed E-state index contributed by atoms with van der Waals surface area (Å²) in [5.41, 5.74) is 1.34. The number of benzene rings is 1. The zero-order valence-electron chi connectivity index (χ0n) is 17.9. The molecular formula is C22H23N7O3. The molecule has 1 fully saturated rings. The molecule has 1 saturated heterocycles. The van der Waals surface area contributed by atoms with Gasteiger partial charge in [-0.15, -0.1) is 0 Å². The first-order valence-corrected chi connectivity index (χ1v) is 10.4. The topological polar surface area (TPSA) is 132 Å². The predicted octanol–water partition coefficient (Wildman–Crippen LogP) is 3.12. The van der Waals surface area contributed by atoms with Crippen LogP contribution in [0.2, 0.25) is 0 Å². The first-order valence-electron chi connectivity index (χ1n) is 10.4. The molecule has 3 heterocycles. The number of aromatic amines is 1. The summed E-state index contributed by atoms with van der Waals surface area (Å²) in [4.78, 5) is 39.2. The molecule has 0 radical (unpaired) electrons. The third-order valence-corrected chi connectivity index (χ3v) is 6.07. The van der Waals surface area contributed by atoms with Crippen LogP contribution >= 0.6 is 0 Å². The first-order chi connectivity index (χ1) is 15.4. The zero-order chi connectivity index (χ0) is 22.8. The summed E-state index contributed by atoms with van der Waals surface area (Å²) in [5, 5.41) is 20.7. The van der Waals surface area contributed by atoms with Gasteiger partial charge in [-0.05, 0) is 30.5 Å². The van der Waals surface area contributed by atoms with Gasteiger partial charge in [0.25, 0.3) is 5.69 Å². The molecule has 164 valence electrons. The van der Waals surface area contributed by atoms with Gasteiger partial charge in [0, 0.05) is 44.0 Å². The van der Waals surface area contributed by atoms with Gasteiger partial charge >= 0.3 is 0 Å². The number of non-ortho nitro benzene ring substituents is 1. The molecule has 0 spiro atoms. The second-order valence-corrected chi connectivity index (χ2v) is 8.03. The predicted molar refractivity (Wildman–Crippen MR) is 119 cm³/mol. The number of aromatic nitrogens is 3. The SMILES string of the molecule is C[C@@H]1CCN(C(=O)CC#N)C[C@@H]1N(C)c1nc(-c2ccc([N+](=O)[O-])cc2)nc2[nH]ccc12. The van der Waals surface area contributed by atoms with Crippen molar-refractivity contribution >= 4 is 28.4 Å². The highest BCUT2D eigenvalue weighted by molar-refractivity contribution is 5.89. The maximum absolute atomic E-state index is 12.3. The average molecular weight is 433 g/mol. The number of hydrogen-bond donors (Lipinski definition) is 1. The highest BCUT2D eigenvalue weighted by atomic mass is 16.6. The molecule has 2 atom stereocenters. The monoisotopic (exact) mass is 433 g/mol. The van der Waals surface area contributed by atoms with Crippen LogP contribution in [0, 0.1) is 27.4 Å². The number of rotatable bonds is 5. The van der Waals surface area contributed by atoms with E-state index in [0.29, 0.717) is 36.0 Å². The molecule has 10 nitrogen and oxygen atoms in total. The van der Waals surface area contributed by atoms with Gasteiger partial charge < -0.3 is 14.8 Å². The zero-order valence-corrected chi connectivity index (χ0v) is 17.9. The highest BCUT2D eigenvalue weighted by Gasteiger charge is 2.33. The van der Waals surface area contributed by atoms with Gasteiger partial charge in [0.15, 0.2) is 5.82 Å².